The average Bonchev–Trinajstić information content (AvgIpc) is 3.13. The van der Waals surface area contributed by atoms with E-state index in [9.17, 15) is 4.79 Å². The van der Waals surface area contributed by atoms with Crippen LogP contribution < -0.4 is 25.4 Å². The Labute approximate surface area is 186 Å². The van der Waals surface area contributed by atoms with E-state index in [4.69, 9.17) is 20.1 Å². The molecule has 1 heterocycles. The largest absolute Gasteiger partial charge is 0.493 e. The van der Waals surface area contributed by atoms with Crippen molar-refractivity contribution in [2.75, 3.05) is 38.2 Å². The van der Waals surface area contributed by atoms with Crippen molar-refractivity contribution in [1.82, 2.24) is 14.9 Å². The first-order valence-electron chi connectivity index (χ1n) is 8.66. The number of rotatable bonds is 8. The summed E-state index contributed by atoms with van der Waals surface area (Å²) in [6, 6.07) is 10.8. The molecule has 3 rings (SSSR count). The summed E-state index contributed by atoms with van der Waals surface area (Å²) in [5.41, 5.74) is 1.33. The summed E-state index contributed by atoms with van der Waals surface area (Å²) < 4.78 is 18.3. The van der Waals surface area contributed by atoms with Gasteiger partial charge >= 0.3 is 0 Å². The zero-order chi connectivity index (χ0) is 21.7. The lowest BCUT2D eigenvalue weighted by Crippen LogP contribution is -2.16. The first kappa shape index (κ1) is 21.8. The summed E-state index contributed by atoms with van der Waals surface area (Å²) in [4.78, 5) is 12.2. The fourth-order valence-electron chi connectivity index (χ4n) is 2.64. The van der Waals surface area contributed by atoms with Crippen molar-refractivity contribution in [2.45, 2.75) is 5.16 Å². The number of nitrogens with one attached hydrogen (secondary N) is 1. The van der Waals surface area contributed by atoms with E-state index >= 15 is 0 Å². The van der Waals surface area contributed by atoms with Gasteiger partial charge in [-0.05, 0) is 36.4 Å². The molecule has 0 unspecified atom stereocenters. The van der Waals surface area contributed by atoms with Crippen molar-refractivity contribution in [1.29, 1.82) is 0 Å². The van der Waals surface area contributed by atoms with Crippen molar-refractivity contribution < 1.29 is 19.0 Å². The van der Waals surface area contributed by atoms with Gasteiger partial charge in [0.2, 0.25) is 16.8 Å². The molecule has 0 aliphatic carbocycles. The summed E-state index contributed by atoms with van der Waals surface area (Å²) in [5, 5.41) is 11.4. The number of carbonyl (C=O) groups is 1. The number of aromatic nitrogens is 3. The lowest BCUT2D eigenvalue weighted by molar-refractivity contribution is -0.113. The number of carbonyl (C=O) groups excluding carboxylic acids is 1. The van der Waals surface area contributed by atoms with E-state index < -0.39 is 0 Å². The molecule has 1 amide bonds. The molecule has 158 valence electrons. The number of benzene rings is 2. The zero-order valence-electron chi connectivity index (χ0n) is 16.5. The molecule has 9 nitrogen and oxygen atoms in total. The summed E-state index contributed by atoms with van der Waals surface area (Å²) in [6.07, 6.45) is 0. The maximum Gasteiger partial charge on any atom is 0.234 e. The van der Waals surface area contributed by atoms with Crippen LogP contribution >= 0.6 is 27.7 Å². The molecule has 0 aliphatic heterocycles. The maximum atomic E-state index is 12.2. The maximum absolute atomic E-state index is 12.2. The molecule has 0 saturated carbocycles. The van der Waals surface area contributed by atoms with Crippen LogP contribution in [-0.4, -0.2) is 47.9 Å². The van der Waals surface area contributed by atoms with Crippen LogP contribution in [0.2, 0.25) is 0 Å². The fourth-order valence-corrected chi connectivity index (χ4v) is 3.56. The third-order valence-corrected chi connectivity index (χ3v) is 5.52. The van der Waals surface area contributed by atoms with E-state index in [1.165, 1.54) is 37.8 Å². The summed E-state index contributed by atoms with van der Waals surface area (Å²) in [5.74, 6) is 7.91. The average molecular weight is 494 g/mol. The summed E-state index contributed by atoms with van der Waals surface area (Å²) >= 11 is 4.53. The number of amides is 1. The number of methoxy groups -OCH3 is 3. The van der Waals surface area contributed by atoms with Gasteiger partial charge in [-0.3, -0.25) is 4.79 Å². The second-order valence-electron chi connectivity index (χ2n) is 5.93. The third kappa shape index (κ3) is 4.79. The monoisotopic (exact) mass is 493 g/mol. The molecule has 2 aromatic carbocycles. The molecule has 3 N–H and O–H groups in total. The Morgan fingerprint density at radius 2 is 1.73 bits per heavy atom. The summed E-state index contributed by atoms with van der Waals surface area (Å²) in [7, 11) is 4.58. The third-order valence-electron chi connectivity index (χ3n) is 4.05. The second-order valence-corrected chi connectivity index (χ2v) is 7.79. The zero-order valence-corrected chi connectivity index (χ0v) is 18.9. The fraction of sp³-hybridized carbons (Fsp3) is 0.211. The molecular formula is C19H20BrN5O4S. The summed E-state index contributed by atoms with van der Waals surface area (Å²) in [6.45, 7) is 0. The Morgan fingerprint density at radius 3 is 2.30 bits per heavy atom. The van der Waals surface area contributed by atoms with E-state index in [2.05, 4.69) is 31.4 Å². The van der Waals surface area contributed by atoms with Crippen LogP contribution in [0.15, 0.2) is 46.0 Å². The predicted octanol–water partition coefficient (Wildman–Crippen LogP) is 3.18. The van der Waals surface area contributed by atoms with Crippen LogP contribution in [0.4, 0.5) is 5.69 Å². The lowest BCUT2D eigenvalue weighted by atomic mass is 10.1. The first-order chi connectivity index (χ1) is 14.5. The normalized spacial score (nSPS) is 10.5. The van der Waals surface area contributed by atoms with Crippen LogP contribution in [0, 0.1) is 0 Å². The van der Waals surface area contributed by atoms with Gasteiger partial charge in [0.25, 0.3) is 0 Å². The Kier molecular flexibility index (Phi) is 7.06. The minimum Gasteiger partial charge on any atom is -0.493 e. The van der Waals surface area contributed by atoms with Gasteiger partial charge in [0.1, 0.15) is 0 Å². The number of hydrogen-bond donors (Lipinski definition) is 2. The van der Waals surface area contributed by atoms with Gasteiger partial charge < -0.3 is 25.4 Å². The van der Waals surface area contributed by atoms with Gasteiger partial charge in [0.05, 0.1) is 27.1 Å². The van der Waals surface area contributed by atoms with E-state index in [0.717, 1.165) is 4.47 Å². The van der Waals surface area contributed by atoms with Crippen LogP contribution in [-0.2, 0) is 4.79 Å². The molecule has 0 fully saturated rings. The molecule has 0 spiro atoms. The highest BCUT2D eigenvalue weighted by molar-refractivity contribution is 9.10. The number of nitrogens with zero attached hydrogens (tertiary/aromatic N) is 3. The quantitative estimate of drug-likeness (QED) is 0.363. The highest BCUT2D eigenvalue weighted by Crippen LogP contribution is 2.40. The molecule has 0 radical (unpaired) electrons. The number of anilines is 1. The van der Waals surface area contributed by atoms with Crippen LogP contribution in [0.5, 0.6) is 17.2 Å². The van der Waals surface area contributed by atoms with Crippen molar-refractivity contribution in [3.63, 3.8) is 0 Å². The molecule has 0 atom stereocenters. The standard InChI is InChI=1S/C19H20BrN5O4S/c1-27-14-8-11(9-15(28-2)17(14)29-3)18-23-24-19(25(18)21)30-10-16(26)22-13-6-4-12(20)5-7-13/h4-9H,10,21H2,1-3H3,(H,22,26). The van der Waals surface area contributed by atoms with E-state index in [0.29, 0.717) is 39.5 Å². The predicted molar refractivity (Wildman–Crippen MR) is 119 cm³/mol. The number of nitrogen functional groups attached to an aromatic ring is 1. The van der Waals surface area contributed by atoms with Crippen LogP contribution in [0.25, 0.3) is 11.4 Å². The molecule has 30 heavy (non-hydrogen) atoms. The van der Waals surface area contributed by atoms with Gasteiger partial charge in [0, 0.05) is 15.7 Å². The van der Waals surface area contributed by atoms with Crippen molar-refractivity contribution in [3.05, 3.63) is 40.9 Å². The SMILES string of the molecule is COc1cc(-c2nnc(SCC(=O)Nc3ccc(Br)cc3)n2N)cc(OC)c1OC. The molecule has 11 heteroatoms. The number of halogens is 1. The Bertz CT molecular complexity index is 1020. The number of nitrogens with two attached hydrogens (primary N) is 1. The van der Waals surface area contributed by atoms with Crippen molar-refractivity contribution >= 4 is 39.3 Å². The van der Waals surface area contributed by atoms with E-state index in [1.807, 2.05) is 12.1 Å². The first-order valence-corrected chi connectivity index (χ1v) is 10.4. The molecule has 3 aromatic rings. The minimum atomic E-state index is -0.181. The van der Waals surface area contributed by atoms with Gasteiger partial charge in [-0.25, -0.2) is 4.68 Å². The topological polar surface area (TPSA) is 114 Å². The highest BCUT2D eigenvalue weighted by atomic mass is 79.9. The Morgan fingerprint density at radius 1 is 1.10 bits per heavy atom. The van der Waals surface area contributed by atoms with Gasteiger partial charge in [-0.1, -0.05) is 27.7 Å². The van der Waals surface area contributed by atoms with Gasteiger partial charge in [-0.15, -0.1) is 10.2 Å². The Balaban J connectivity index is 1.74. The Hall–Kier alpha value is -2.92. The molecular weight excluding hydrogens is 474 g/mol. The molecule has 0 bridgehead atoms. The van der Waals surface area contributed by atoms with Crippen LogP contribution in [0.3, 0.4) is 0 Å². The number of ether oxygens (including phenoxy) is 3. The van der Waals surface area contributed by atoms with Crippen LogP contribution in [0.1, 0.15) is 0 Å². The number of hydrogen-bond acceptors (Lipinski definition) is 8. The minimum absolute atomic E-state index is 0.126. The molecule has 0 aliphatic rings. The molecule has 0 saturated heterocycles. The molecule has 1 aromatic heterocycles. The van der Waals surface area contributed by atoms with Gasteiger partial charge in [0.15, 0.2) is 17.3 Å². The van der Waals surface area contributed by atoms with Crippen molar-refractivity contribution in [2.24, 2.45) is 0 Å². The van der Waals surface area contributed by atoms with Gasteiger partial charge in [-0.2, -0.15) is 0 Å². The number of thioether (sulfide) groups is 1. The highest BCUT2D eigenvalue weighted by Gasteiger charge is 2.19. The van der Waals surface area contributed by atoms with Crippen molar-refractivity contribution in [3.8, 4) is 28.6 Å². The smallest absolute Gasteiger partial charge is 0.234 e. The lowest BCUT2D eigenvalue weighted by Gasteiger charge is -2.13. The van der Waals surface area contributed by atoms with E-state index in [1.54, 1.807) is 24.3 Å². The second kappa shape index (κ2) is 9.72. The van der Waals surface area contributed by atoms with E-state index in [-0.39, 0.29) is 11.7 Å².